The SMILES string of the molecule is Cc1cc(F)ccc1N(C)Cc1ccn(S(=O)(=O)c2cccc(F)c2)c1. The van der Waals surface area contributed by atoms with Crippen LogP contribution in [0.3, 0.4) is 0 Å². The van der Waals surface area contributed by atoms with Crippen molar-refractivity contribution < 1.29 is 17.2 Å². The van der Waals surface area contributed by atoms with Crippen molar-refractivity contribution in [2.24, 2.45) is 0 Å². The van der Waals surface area contributed by atoms with Crippen LogP contribution in [0, 0.1) is 18.6 Å². The number of nitrogens with zero attached hydrogens (tertiary/aromatic N) is 2. The molecule has 0 amide bonds. The van der Waals surface area contributed by atoms with Gasteiger partial charge >= 0.3 is 0 Å². The van der Waals surface area contributed by atoms with Crippen molar-refractivity contribution in [3.05, 3.63) is 83.7 Å². The fourth-order valence-corrected chi connectivity index (χ4v) is 4.07. The molecule has 26 heavy (non-hydrogen) atoms. The Morgan fingerprint density at radius 1 is 1.04 bits per heavy atom. The van der Waals surface area contributed by atoms with Crippen molar-refractivity contribution in [2.45, 2.75) is 18.4 Å². The van der Waals surface area contributed by atoms with E-state index in [1.807, 2.05) is 18.9 Å². The van der Waals surface area contributed by atoms with Crippen molar-refractivity contribution in [1.29, 1.82) is 0 Å². The highest BCUT2D eigenvalue weighted by atomic mass is 32.2. The Hall–Kier alpha value is -2.67. The Morgan fingerprint density at radius 2 is 1.77 bits per heavy atom. The molecule has 0 saturated heterocycles. The van der Waals surface area contributed by atoms with E-state index in [4.69, 9.17) is 0 Å². The van der Waals surface area contributed by atoms with Gasteiger partial charge in [-0.25, -0.2) is 21.2 Å². The largest absolute Gasteiger partial charge is 0.370 e. The first-order valence-corrected chi connectivity index (χ1v) is 9.37. The van der Waals surface area contributed by atoms with Gasteiger partial charge in [0, 0.05) is 31.7 Å². The van der Waals surface area contributed by atoms with Crippen LogP contribution in [0.4, 0.5) is 14.5 Å². The molecular formula is C19H18F2N2O2S. The van der Waals surface area contributed by atoms with Gasteiger partial charge in [0.2, 0.25) is 0 Å². The van der Waals surface area contributed by atoms with Gasteiger partial charge in [0.25, 0.3) is 10.0 Å². The molecule has 0 unspecified atom stereocenters. The Balaban J connectivity index is 1.83. The zero-order valence-electron chi connectivity index (χ0n) is 14.4. The van der Waals surface area contributed by atoms with Gasteiger partial charge in [-0.3, -0.25) is 0 Å². The van der Waals surface area contributed by atoms with Crippen LogP contribution >= 0.6 is 0 Å². The summed E-state index contributed by atoms with van der Waals surface area (Å²) in [5.41, 5.74) is 2.41. The van der Waals surface area contributed by atoms with Crippen molar-refractivity contribution in [2.75, 3.05) is 11.9 Å². The van der Waals surface area contributed by atoms with E-state index in [1.165, 1.54) is 42.7 Å². The molecule has 3 aromatic rings. The lowest BCUT2D eigenvalue weighted by molar-refractivity contribution is 0.583. The van der Waals surface area contributed by atoms with Gasteiger partial charge in [0.05, 0.1) is 4.90 Å². The Kier molecular flexibility index (Phi) is 4.82. The molecule has 0 aliphatic heterocycles. The number of aromatic nitrogens is 1. The summed E-state index contributed by atoms with van der Waals surface area (Å²) in [4.78, 5) is 1.80. The van der Waals surface area contributed by atoms with Crippen molar-refractivity contribution >= 4 is 15.7 Å². The maximum atomic E-state index is 13.3. The summed E-state index contributed by atoms with van der Waals surface area (Å²) in [5, 5.41) is 0. The highest BCUT2D eigenvalue weighted by Gasteiger charge is 2.18. The second kappa shape index (κ2) is 6.92. The highest BCUT2D eigenvalue weighted by molar-refractivity contribution is 7.90. The van der Waals surface area contributed by atoms with Crippen LogP contribution in [0.25, 0.3) is 0 Å². The average molecular weight is 376 g/mol. The van der Waals surface area contributed by atoms with Crippen molar-refractivity contribution in [3.8, 4) is 0 Å². The van der Waals surface area contributed by atoms with Gasteiger partial charge < -0.3 is 4.90 Å². The molecule has 7 heteroatoms. The summed E-state index contributed by atoms with van der Waals surface area (Å²) in [7, 11) is -2.00. The number of hydrogen-bond donors (Lipinski definition) is 0. The minimum absolute atomic E-state index is 0.109. The van der Waals surface area contributed by atoms with E-state index in [0.717, 1.165) is 26.9 Å². The van der Waals surface area contributed by atoms with Crippen LogP contribution in [0.15, 0.2) is 65.8 Å². The number of halogens is 2. The molecule has 1 aromatic heterocycles. The summed E-state index contributed by atoms with van der Waals surface area (Å²) in [6, 6.07) is 11.1. The summed E-state index contributed by atoms with van der Waals surface area (Å²) in [6.07, 6.45) is 2.93. The van der Waals surface area contributed by atoms with E-state index < -0.39 is 15.8 Å². The van der Waals surface area contributed by atoms with Crippen LogP contribution in [0.2, 0.25) is 0 Å². The summed E-state index contributed by atoms with van der Waals surface area (Å²) in [5.74, 6) is -0.906. The number of hydrogen-bond acceptors (Lipinski definition) is 3. The zero-order valence-corrected chi connectivity index (χ0v) is 15.2. The van der Waals surface area contributed by atoms with Gasteiger partial charge in [-0.15, -0.1) is 0 Å². The van der Waals surface area contributed by atoms with Gasteiger partial charge in [0.15, 0.2) is 0 Å². The molecule has 1 heterocycles. The molecule has 0 fully saturated rings. The Bertz CT molecular complexity index is 1050. The van der Waals surface area contributed by atoms with Gasteiger partial charge in [0.1, 0.15) is 11.6 Å². The van der Waals surface area contributed by atoms with Crippen LogP contribution in [-0.2, 0) is 16.6 Å². The lowest BCUT2D eigenvalue weighted by Crippen LogP contribution is -2.17. The molecule has 3 rings (SSSR count). The molecule has 0 saturated carbocycles. The maximum absolute atomic E-state index is 13.3. The lowest BCUT2D eigenvalue weighted by atomic mass is 10.1. The molecule has 136 valence electrons. The number of rotatable bonds is 5. The molecule has 0 aliphatic rings. The molecule has 2 aromatic carbocycles. The van der Waals surface area contributed by atoms with Crippen LogP contribution in [0.1, 0.15) is 11.1 Å². The van der Waals surface area contributed by atoms with E-state index >= 15 is 0 Å². The minimum Gasteiger partial charge on any atom is -0.370 e. The normalized spacial score (nSPS) is 11.5. The van der Waals surface area contributed by atoms with Crippen molar-refractivity contribution in [1.82, 2.24) is 3.97 Å². The minimum atomic E-state index is -3.85. The molecule has 0 N–H and O–H groups in total. The van der Waals surface area contributed by atoms with E-state index in [2.05, 4.69) is 0 Å². The molecule has 0 radical (unpaired) electrons. The first kappa shape index (κ1) is 18.1. The topological polar surface area (TPSA) is 42.3 Å². The zero-order chi connectivity index (χ0) is 18.9. The van der Waals surface area contributed by atoms with Gasteiger partial charge in [-0.1, -0.05) is 6.07 Å². The monoisotopic (exact) mass is 376 g/mol. The number of aryl methyl sites for hydroxylation is 1. The van der Waals surface area contributed by atoms with Crippen LogP contribution in [-0.4, -0.2) is 19.4 Å². The van der Waals surface area contributed by atoms with E-state index in [9.17, 15) is 17.2 Å². The third-order valence-corrected chi connectivity index (χ3v) is 5.72. The van der Waals surface area contributed by atoms with Crippen molar-refractivity contribution in [3.63, 3.8) is 0 Å². The van der Waals surface area contributed by atoms with Crippen LogP contribution in [0.5, 0.6) is 0 Å². The fourth-order valence-electron chi connectivity index (χ4n) is 2.82. The van der Waals surface area contributed by atoms with E-state index in [0.29, 0.717) is 6.54 Å². The van der Waals surface area contributed by atoms with E-state index in [1.54, 1.807) is 12.1 Å². The lowest BCUT2D eigenvalue weighted by Gasteiger charge is -2.21. The van der Waals surface area contributed by atoms with Gasteiger partial charge in [-0.2, -0.15) is 0 Å². The van der Waals surface area contributed by atoms with E-state index in [-0.39, 0.29) is 10.7 Å². The summed E-state index contributed by atoms with van der Waals surface area (Å²) < 4.78 is 52.8. The maximum Gasteiger partial charge on any atom is 0.267 e. The predicted molar refractivity (Wildman–Crippen MR) is 96.7 cm³/mol. The predicted octanol–water partition coefficient (Wildman–Crippen LogP) is 3.95. The molecule has 4 nitrogen and oxygen atoms in total. The van der Waals surface area contributed by atoms with Gasteiger partial charge in [-0.05, 0) is 60.5 Å². The third kappa shape index (κ3) is 3.62. The first-order valence-electron chi connectivity index (χ1n) is 7.93. The standard InChI is InChI=1S/C19H18F2N2O2S/c1-14-10-17(21)6-7-19(14)22(2)12-15-8-9-23(13-15)26(24,25)18-5-3-4-16(20)11-18/h3-11,13H,12H2,1-2H3. The first-order chi connectivity index (χ1) is 12.3. The second-order valence-corrected chi connectivity index (χ2v) is 7.94. The average Bonchev–Trinajstić information content (AvgIpc) is 3.04. The molecular weight excluding hydrogens is 358 g/mol. The molecule has 0 atom stereocenters. The summed E-state index contributed by atoms with van der Waals surface area (Å²) in [6.45, 7) is 2.26. The molecule has 0 aliphatic carbocycles. The summed E-state index contributed by atoms with van der Waals surface area (Å²) >= 11 is 0. The number of anilines is 1. The molecule has 0 spiro atoms. The second-order valence-electron chi connectivity index (χ2n) is 6.10. The quantitative estimate of drug-likeness (QED) is 0.677. The third-order valence-electron chi connectivity index (χ3n) is 4.09. The number of benzene rings is 2. The highest BCUT2D eigenvalue weighted by Crippen LogP contribution is 2.22. The Morgan fingerprint density at radius 3 is 2.46 bits per heavy atom. The molecule has 0 bridgehead atoms. The van der Waals surface area contributed by atoms with Crippen LogP contribution < -0.4 is 4.90 Å². The fraction of sp³-hybridized carbons (Fsp3) is 0.158. The smallest absolute Gasteiger partial charge is 0.267 e. The Labute approximate surface area is 151 Å².